The van der Waals surface area contributed by atoms with Crippen LogP contribution < -0.4 is 10.5 Å². The number of nitrogens with two attached hydrogens (primary N) is 1. The molecule has 10 heteroatoms. The van der Waals surface area contributed by atoms with Gasteiger partial charge in [-0.05, 0) is 25.2 Å². The Kier molecular flexibility index (Phi) is 4.15. The molecule has 1 fully saturated rings. The van der Waals surface area contributed by atoms with Crippen LogP contribution in [0.4, 0.5) is 4.39 Å². The number of primary sulfonamides is 1. The van der Waals surface area contributed by atoms with E-state index in [1.54, 1.807) is 0 Å². The van der Waals surface area contributed by atoms with Gasteiger partial charge in [0.15, 0.2) is 5.82 Å². The van der Waals surface area contributed by atoms with Crippen LogP contribution in [-0.4, -0.2) is 50.1 Å². The third kappa shape index (κ3) is 3.24. The standard InChI is InChI=1S/C13H16FN5O3S/c1-19-5-4-16-7-10(19)12-17-13(22-18-12)8-2-3-11(9(14)6-8)23(15,20)21/h2-3,6,10,16H,4-5,7H2,1H3,(H2,15,20,21). The number of sulfonamides is 1. The van der Waals surface area contributed by atoms with E-state index in [-0.39, 0.29) is 11.9 Å². The highest BCUT2D eigenvalue weighted by molar-refractivity contribution is 7.89. The summed E-state index contributed by atoms with van der Waals surface area (Å²) in [4.78, 5) is 5.80. The van der Waals surface area contributed by atoms with Gasteiger partial charge in [0.2, 0.25) is 10.0 Å². The monoisotopic (exact) mass is 341 g/mol. The molecule has 8 nitrogen and oxygen atoms in total. The Bertz CT molecular complexity index is 823. The minimum atomic E-state index is -4.11. The minimum absolute atomic E-state index is 0.0326. The Balaban J connectivity index is 1.90. The van der Waals surface area contributed by atoms with Gasteiger partial charge in [0.1, 0.15) is 10.7 Å². The molecule has 0 spiro atoms. The van der Waals surface area contributed by atoms with E-state index in [1.165, 1.54) is 6.07 Å². The lowest BCUT2D eigenvalue weighted by atomic mass is 10.2. The summed E-state index contributed by atoms with van der Waals surface area (Å²) in [6.45, 7) is 2.43. The maximum Gasteiger partial charge on any atom is 0.258 e. The highest BCUT2D eigenvalue weighted by Gasteiger charge is 2.26. The lowest BCUT2D eigenvalue weighted by Crippen LogP contribution is -2.44. The molecule has 1 saturated heterocycles. The van der Waals surface area contributed by atoms with Crippen LogP contribution in [0.25, 0.3) is 11.5 Å². The van der Waals surface area contributed by atoms with Crippen molar-refractivity contribution in [1.82, 2.24) is 20.4 Å². The number of halogens is 1. The lowest BCUT2D eigenvalue weighted by Gasteiger charge is -2.30. The summed E-state index contributed by atoms with van der Waals surface area (Å²) < 4.78 is 41.5. The fraction of sp³-hybridized carbons (Fsp3) is 0.385. The Morgan fingerprint density at radius 2 is 2.26 bits per heavy atom. The molecule has 0 bridgehead atoms. The third-order valence-corrected chi connectivity index (χ3v) is 4.68. The fourth-order valence-electron chi connectivity index (χ4n) is 2.45. The van der Waals surface area contributed by atoms with Crippen molar-refractivity contribution in [3.05, 3.63) is 29.8 Å². The summed E-state index contributed by atoms with van der Waals surface area (Å²) in [7, 11) is -2.15. The molecular weight excluding hydrogens is 325 g/mol. The van der Waals surface area contributed by atoms with Crippen LogP contribution in [0.1, 0.15) is 11.9 Å². The van der Waals surface area contributed by atoms with Gasteiger partial charge in [-0.1, -0.05) is 5.16 Å². The average Bonchev–Trinajstić information content (AvgIpc) is 2.96. The molecule has 1 unspecified atom stereocenters. The molecule has 124 valence electrons. The van der Waals surface area contributed by atoms with Crippen molar-refractivity contribution in [2.45, 2.75) is 10.9 Å². The first kappa shape index (κ1) is 16.0. The topological polar surface area (TPSA) is 114 Å². The van der Waals surface area contributed by atoms with Crippen LogP contribution >= 0.6 is 0 Å². The Labute approximate surface area is 132 Å². The second-order valence-corrected chi connectivity index (χ2v) is 6.88. The van der Waals surface area contributed by atoms with E-state index >= 15 is 0 Å². The third-order valence-electron chi connectivity index (χ3n) is 3.74. The minimum Gasteiger partial charge on any atom is -0.334 e. The summed E-state index contributed by atoms with van der Waals surface area (Å²) >= 11 is 0. The number of rotatable bonds is 3. The SMILES string of the molecule is CN1CCNCC1c1noc(-c2ccc(S(N)(=O)=O)c(F)c2)n1. The summed E-state index contributed by atoms with van der Waals surface area (Å²) in [6, 6.07) is 3.44. The van der Waals surface area contributed by atoms with Crippen molar-refractivity contribution in [1.29, 1.82) is 0 Å². The number of hydrogen-bond acceptors (Lipinski definition) is 7. The normalized spacial score (nSPS) is 19.9. The molecule has 1 aromatic carbocycles. The molecule has 0 amide bonds. The van der Waals surface area contributed by atoms with Crippen molar-refractivity contribution in [3.8, 4) is 11.5 Å². The first-order chi connectivity index (χ1) is 10.9. The fourth-order valence-corrected chi connectivity index (χ4v) is 3.03. The largest absolute Gasteiger partial charge is 0.334 e. The molecule has 1 aliphatic rings. The lowest BCUT2D eigenvalue weighted by molar-refractivity contribution is 0.190. The molecule has 0 saturated carbocycles. The van der Waals surface area contributed by atoms with E-state index < -0.39 is 20.7 Å². The summed E-state index contributed by atoms with van der Waals surface area (Å²) in [5.74, 6) is -0.342. The van der Waals surface area contributed by atoms with Crippen LogP contribution in [-0.2, 0) is 10.0 Å². The Morgan fingerprint density at radius 3 is 2.91 bits per heavy atom. The Hall–Kier alpha value is -1.88. The predicted molar refractivity (Wildman–Crippen MR) is 79.3 cm³/mol. The quantitative estimate of drug-likeness (QED) is 0.813. The highest BCUT2D eigenvalue weighted by Crippen LogP contribution is 2.25. The summed E-state index contributed by atoms with van der Waals surface area (Å²) in [5, 5.41) is 12.1. The number of benzene rings is 1. The second kappa shape index (κ2) is 5.96. The molecule has 3 rings (SSSR count). The summed E-state index contributed by atoms with van der Waals surface area (Å²) in [6.07, 6.45) is 0. The number of nitrogens with zero attached hydrogens (tertiary/aromatic N) is 3. The van der Waals surface area contributed by atoms with Gasteiger partial charge in [-0.15, -0.1) is 0 Å². The van der Waals surface area contributed by atoms with E-state index in [0.717, 1.165) is 25.2 Å². The van der Waals surface area contributed by atoms with Crippen LogP contribution in [0, 0.1) is 5.82 Å². The molecule has 0 radical (unpaired) electrons. The molecule has 2 aromatic rings. The molecule has 3 N–H and O–H groups in total. The molecule has 1 atom stereocenters. The highest BCUT2D eigenvalue weighted by atomic mass is 32.2. The number of aromatic nitrogens is 2. The van der Waals surface area contributed by atoms with Gasteiger partial charge in [-0.3, -0.25) is 4.90 Å². The molecule has 1 aromatic heterocycles. The van der Waals surface area contributed by atoms with Gasteiger partial charge in [0.25, 0.3) is 5.89 Å². The zero-order valence-electron chi connectivity index (χ0n) is 12.4. The van der Waals surface area contributed by atoms with Crippen molar-refractivity contribution >= 4 is 10.0 Å². The summed E-state index contributed by atoms with van der Waals surface area (Å²) in [5.41, 5.74) is 0.292. The van der Waals surface area contributed by atoms with Crippen molar-refractivity contribution in [2.24, 2.45) is 5.14 Å². The van der Waals surface area contributed by atoms with Crippen LogP contribution in [0.5, 0.6) is 0 Å². The average molecular weight is 341 g/mol. The number of nitrogens with one attached hydrogen (secondary N) is 1. The van der Waals surface area contributed by atoms with E-state index in [1.807, 2.05) is 7.05 Å². The van der Waals surface area contributed by atoms with Crippen LogP contribution in [0.3, 0.4) is 0 Å². The van der Waals surface area contributed by atoms with Crippen molar-refractivity contribution in [2.75, 3.05) is 26.7 Å². The Morgan fingerprint density at radius 1 is 1.48 bits per heavy atom. The van der Waals surface area contributed by atoms with Gasteiger partial charge in [-0.25, -0.2) is 17.9 Å². The first-order valence-corrected chi connectivity index (χ1v) is 8.48. The van der Waals surface area contributed by atoms with Gasteiger partial charge in [0.05, 0.1) is 6.04 Å². The number of piperazine rings is 1. The van der Waals surface area contributed by atoms with Crippen LogP contribution in [0.2, 0.25) is 0 Å². The number of likely N-dealkylation sites (N-methyl/N-ethyl adjacent to an activating group) is 1. The molecule has 0 aliphatic carbocycles. The van der Waals surface area contributed by atoms with Gasteiger partial charge in [0, 0.05) is 25.2 Å². The van der Waals surface area contributed by atoms with Crippen molar-refractivity contribution < 1.29 is 17.3 Å². The molecule has 1 aliphatic heterocycles. The second-order valence-electron chi connectivity index (χ2n) is 5.35. The van der Waals surface area contributed by atoms with Gasteiger partial charge >= 0.3 is 0 Å². The maximum absolute atomic E-state index is 13.9. The molecular formula is C13H16FN5O3S. The van der Waals surface area contributed by atoms with E-state index in [9.17, 15) is 12.8 Å². The molecule has 2 heterocycles. The first-order valence-electron chi connectivity index (χ1n) is 6.93. The predicted octanol–water partition coefficient (Wildman–Crippen LogP) is 0.0992. The maximum atomic E-state index is 13.9. The van der Waals surface area contributed by atoms with Gasteiger partial charge < -0.3 is 9.84 Å². The van der Waals surface area contributed by atoms with E-state index in [2.05, 4.69) is 20.4 Å². The van der Waals surface area contributed by atoms with Crippen LogP contribution in [0.15, 0.2) is 27.6 Å². The zero-order chi connectivity index (χ0) is 16.6. The smallest absolute Gasteiger partial charge is 0.258 e. The van der Waals surface area contributed by atoms with Crippen molar-refractivity contribution in [3.63, 3.8) is 0 Å². The zero-order valence-corrected chi connectivity index (χ0v) is 13.2. The number of hydrogen-bond donors (Lipinski definition) is 2. The van der Waals surface area contributed by atoms with E-state index in [4.69, 9.17) is 9.66 Å². The van der Waals surface area contributed by atoms with Gasteiger partial charge in [-0.2, -0.15) is 4.98 Å². The molecule has 23 heavy (non-hydrogen) atoms. The van der Waals surface area contributed by atoms with E-state index in [0.29, 0.717) is 17.9 Å².